The van der Waals surface area contributed by atoms with Crippen LogP contribution in [0, 0.1) is 0 Å². The molecule has 7 nitrogen and oxygen atoms in total. The van der Waals surface area contributed by atoms with Gasteiger partial charge in [-0.05, 0) is 24.1 Å². The third-order valence-electron chi connectivity index (χ3n) is 4.34. The Bertz CT molecular complexity index is 1060. The summed E-state index contributed by atoms with van der Waals surface area (Å²) >= 11 is 1.37. The Hall–Kier alpha value is -3.23. The van der Waals surface area contributed by atoms with E-state index in [-0.39, 0.29) is 17.9 Å². The summed E-state index contributed by atoms with van der Waals surface area (Å²) in [5, 5.41) is 11.0. The topological polar surface area (TPSA) is 110 Å². The molecule has 2 aromatic carbocycles. The minimum atomic E-state index is -1.05. The van der Waals surface area contributed by atoms with E-state index in [9.17, 15) is 19.6 Å². The van der Waals surface area contributed by atoms with Crippen LogP contribution >= 0.6 is 11.3 Å². The van der Waals surface area contributed by atoms with Crippen LogP contribution in [0.4, 0.5) is 0 Å². The number of aryl methyl sites for hydroxylation is 1. The average molecular weight is 412 g/mol. The lowest BCUT2D eigenvalue weighted by molar-refractivity contribution is -0.170. The molecule has 1 heterocycles. The van der Waals surface area contributed by atoms with Crippen LogP contribution in [0.25, 0.3) is 10.1 Å². The van der Waals surface area contributed by atoms with E-state index in [2.05, 4.69) is 0 Å². The van der Waals surface area contributed by atoms with Gasteiger partial charge >= 0.3 is 0 Å². The van der Waals surface area contributed by atoms with Crippen LogP contribution in [0.5, 0.6) is 5.75 Å². The van der Waals surface area contributed by atoms with Gasteiger partial charge in [0.05, 0.1) is 12.1 Å². The Labute approximate surface area is 171 Å². The zero-order valence-corrected chi connectivity index (χ0v) is 16.6. The summed E-state index contributed by atoms with van der Waals surface area (Å²) in [6.45, 7) is 1.47. The molecule has 29 heavy (non-hydrogen) atoms. The first-order valence-corrected chi connectivity index (χ1v) is 9.78. The third-order valence-corrected chi connectivity index (χ3v) is 5.64. The second-order valence-electron chi connectivity index (χ2n) is 6.30. The highest BCUT2D eigenvalue weighted by Gasteiger charge is 2.25. The fourth-order valence-electron chi connectivity index (χ4n) is 2.96. The molecule has 3 aromatic rings. The van der Waals surface area contributed by atoms with Gasteiger partial charge in [-0.2, -0.15) is 0 Å². The fraction of sp³-hybridized carbons (Fsp3) is 0.190. The molecule has 0 saturated heterocycles. The maximum atomic E-state index is 12.4. The van der Waals surface area contributed by atoms with Crippen LogP contribution in [-0.4, -0.2) is 34.5 Å². The summed E-state index contributed by atoms with van der Waals surface area (Å²) < 4.78 is 6.37. The highest BCUT2D eigenvalue weighted by molar-refractivity contribution is 7.19. The van der Waals surface area contributed by atoms with Crippen molar-refractivity contribution in [1.82, 2.24) is 5.06 Å². The van der Waals surface area contributed by atoms with Gasteiger partial charge in [-0.1, -0.05) is 43.3 Å². The molecule has 0 aliphatic carbocycles. The number of nitrogens with zero attached hydrogens (tertiary/aromatic N) is 1. The molecule has 0 spiro atoms. The summed E-state index contributed by atoms with van der Waals surface area (Å²) in [6, 6.07) is 14.2. The lowest BCUT2D eigenvalue weighted by Gasteiger charge is -2.16. The predicted molar refractivity (Wildman–Crippen MR) is 109 cm³/mol. The SMILES string of the molecule is CCc1sc2cccc(OCC(=O)N(O)Cc3ccccc3)c2c1C(=O)C(N)=O. The molecular weight excluding hydrogens is 392 g/mol. The number of benzene rings is 2. The summed E-state index contributed by atoms with van der Waals surface area (Å²) in [7, 11) is 0. The van der Waals surface area contributed by atoms with Gasteiger partial charge in [0.1, 0.15) is 5.75 Å². The van der Waals surface area contributed by atoms with E-state index in [4.69, 9.17) is 10.5 Å². The highest BCUT2D eigenvalue weighted by Crippen LogP contribution is 2.38. The number of nitrogens with two attached hydrogens (primary N) is 1. The molecule has 150 valence electrons. The maximum absolute atomic E-state index is 12.4. The summed E-state index contributed by atoms with van der Waals surface area (Å²) in [5.74, 6) is -2.19. The quantitative estimate of drug-likeness (QED) is 0.256. The van der Waals surface area contributed by atoms with E-state index in [1.165, 1.54) is 11.3 Å². The number of hydrogen-bond donors (Lipinski definition) is 2. The first kappa shape index (κ1) is 20.5. The van der Waals surface area contributed by atoms with Crippen molar-refractivity contribution in [2.45, 2.75) is 19.9 Å². The van der Waals surface area contributed by atoms with Crippen LogP contribution in [0.3, 0.4) is 0 Å². The molecule has 1 aromatic heterocycles. The van der Waals surface area contributed by atoms with Gasteiger partial charge < -0.3 is 10.5 Å². The smallest absolute Gasteiger partial charge is 0.289 e. The first-order valence-electron chi connectivity index (χ1n) is 8.96. The Morgan fingerprint density at radius 1 is 1.10 bits per heavy atom. The molecule has 0 aliphatic heterocycles. The van der Waals surface area contributed by atoms with Crippen LogP contribution in [0.2, 0.25) is 0 Å². The zero-order valence-electron chi connectivity index (χ0n) is 15.8. The van der Waals surface area contributed by atoms with E-state index >= 15 is 0 Å². The van der Waals surface area contributed by atoms with Gasteiger partial charge in [0.2, 0.25) is 0 Å². The number of primary amides is 1. The molecule has 0 aliphatic rings. The molecule has 0 saturated carbocycles. The number of thiophene rings is 1. The molecule has 3 N–H and O–H groups in total. The molecule has 0 fully saturated rings. The largest absolute Gasteiger partial charge is 0.483 e. The average Bonchev–Trinajstić information content (AvgIpc) is 3.11. The number of carbonyl (C=O) groups is 3. The van der Waals surface area contributed by atoms with Crippen LogP contribution < -0.4 is 10.5 Å². The second-order valence-corrected chi connectivity index (χ2v) is 7.44. The van der Waals surface area contributed by atoms with Gasteiger partial charge in [-0.25, -0.2) is 5.06 Å². The lowest BCUT2D eigenvalue weighted by Crippen LogP contribution is -2.31. The molecule has 3 rings (SSSR count). The Kier molecular flexibility index (Phi) is 6.26. The first-order chi connectivity index (χ1) is 13.9. The van der Waals surface area contributed by atoms with Gasteiger partial charge in [-0.15, -0.1) is 11.3 Å². The molecular formula is C21H20N2O5S. The lowest BCUT2D eigenvalue weighted by atomic mass is 10.0. The van der Waals surface area contributed by atoms with Gasteiger partial charge in [-0.3, -0.25) is 19.6 Å². The summed E-state index contributed by atoms with van der Waals surface area (Å²) in [6.07, 6.45) is 0.549. The predicted octanol–water partition coefficient (Wildman–Crippen LogP) is 2.93. The van der Waals surface area contributed by atoms with Crippen molar-refractivity contribution >= 4 is 39.0 Å². The number of fused-ring (bicyclic) bond motifs is 1. The van der Waals surface area contributed by atoms with Gasteiger partial charge in [0, 0.05) is 15.0 Å². The van der Waals surface area contributed by atoms with E-state index < -0.39 is 24.2 Å². The number of amides is 2. The molecule has 0 radical (unpaired) electrons. The van der Waals surface area contributed by atoms with E-state index in [0.717, 1.165) is 15.1 Å². The number of Topliss-reactive ketones (excluding diaryl/α,β-unsaturated/α-hetero) is 1. The highest BCUT2D eigenvalue weighted by atomic mass is 32.1. The van der Waals surface area contributed by atoms with Gasteiger partial charge in [0.15, 0.2) is 6.61 Å². The minimum absolute atomic E-state index is 0.0249. The van der Waals surface area contributed by atoms with E-state index in [1.54, 1.807) is 30.3 Å². The number of carbonyl (C=O) groups excluding carboxylic acids is 3. The van der Waals surface area contributed by atoms with Crippen LogP contribution in [-0.2, 0) is 22.6 Å². The Balaban J connectivity index is 1.83. The zero-order chi connectivity index (χ0) is 21.0. The van der Waals surface area contributed by atoms with Crippen molar-refractivity contribution in [3.8, 4) is 5.75 Å². The van der Waals surface area contributed by atoms with E-state index in [1.807, 2.05) is 25.1 Å². The van der Waals surface area contributed by atoms with E-state index in [0.29, 0.717) is 16.9 Å². The number of ketones is 1. The maximum Gasteiger partial charge on any atom is 0.289 e. The van der Waals surface area contributed by atoms with Crippen molar-refractivity contribution in [2.24, 2.45) is 5.73 Å². The normalized spacial score (nSPS) is 10.7. The number of ether oxygens (including phenoxy) is 1. The van der Waals surface area contributed by atoms with Gasteiger partial charge in [0.25, 0.3) is 17.6 Å². The summed E-state index contributed by atoms with van der Waals surface area (Å²) in [5.41, 5.74) is 6.19. The molecule has 0 atom stereocenters. The summed E-state index contributed by atoms with van der Waals surface area (Å²) in [4.78, 5) is 36.8. The second kappa shape index (κ2) is 8.85. The number of rotatable bonds is 8. The molecule has 8 heteroatoms. The Morgan fingerprint density at radius 3 is 2.48 bits per heavy atom. The number of hydroxylamine groups is 2. The third kappa shape index (κ3) is 4.44. The van der Waals surface area contributed by atoms with Crippen molar-refractivity contribution in [3.05, 3.63) is 64.5 Å². The van der Waals surface area contributed by atoms with Crippen LogP contribution in [0.1, 0.15) is 27.7 Å². The monoisotopic (exact) mass is 412 g/mol. The van der Waals surface area contributed by atoms with Crippen LogP contribution in [0.15, 0.2) is 48.5 Å². The minimum Gasteiger partial charge on any atom is -0.483 e. The molecule has 0 bridgehead atoms. The van der Waals surface area contributed by atoms with Crippen molar-refractivity contribution in [1.29, 1.82) is 0 Å². The van der Waals surface area contributed by atoms with Crippen molar-refractivity contribution < 1.29 is 24.3 Å². The molecule has 2 amide bonds. The number of hydrogen-bond acceptors (Lipinski definition) is 6. The Morgan fingerprint density at radius 2 is 1.83 bits per heavy atom. The fourth-order valence-corrected chi connectivity index (χ4v) is 4.11. The van der Waals surface area contributed by atoms with Crippen molar-refractivity contribution in [2.75, 3.05) is 6.61 Å². The van der Waals surface area contributed by atoms with Crippen molar-refractivity contribution in [3.63, 3.8) is 0 Å². The molecule has 0 unspecified atom stereocenters. The standard InChI is InChI=1S/C21H20N2O5S/c1-2-15-19(20(25)21(22)26)18-14(9-6-10-16(18)29-15)28-12-17(24)23(27)11-13-7-4-3-5-8-13/h3-10,27H,2,11-12H2,1H3,(H2,22,26).